The van der Waals surface area contributed by atoms with Gasteiger partial charge >= 0.3 is 0 Å². The highest BCUT2D eigenvalue weighted by Gasteiger charge is 2.31. The van der Waals surface area contributed by atoms with Crippen molar-refractivity contribution in [3.05, 3.63) is 108 Å². The summed E-state index contributed by atoms with van der Waals surface area (Å²) >= 11 is 0. The van der Waals surface area contributed by atoms with Gasteiger partial charge in [0.05, 0.1) is 17.1 Å². The molecule has 2 aromatic heterocycles. The van der Waals surface area contributed by atoms with E-state index in [1.165, 1.54) is 12.1 Å². The summed E-state index contributed by atoms with van der Waals surface area (Å²) in [5.41, 5.74) is 5.24. The number of aromatic hydroxyl groups is 2. The van der Waals surface area contributed by atoms with Crippen molar-refractivity contribution in [2.45, 2.75) is 32.0 Å². The van der Waals surface area contributed by atoms with E-state index in [-0.39, 0.29) is 23.4 Å². The summed E-state index contributed by atoms with van der Waals surface area (Å²) in [6.45, 7) is 1.99. The molecule has 0 bridgehead atoms. The molecule has 9 heteroatoms. The molecule has 1 aliphatic heterocycles. The summed E-state index contributed by atoms with van der Waals surface area (Å²) in [6, 6.07) is 22.8. The lowest BCUT2D eigenvalue weighted by molar-refractivity contribution is 0.273. The largest absolute Gasteiger partial charge is 0.508 e. The first kappa shape index (κ1) is 26.5. The van der Waals surface area contributed by atoms with Crippen LogP contribution in [0.5, 0.6) is 11.5 Å². The monoisotopic (exact) mass is 550 g/mol. The maximum Gasteiger partial charge on any atom is 0.223 e. The maximum absolute atomic E-state index is 13.8. The summed E-state index contributed by atoms with van der Waals surface area (Å²) in [7, 11) is 2.08. The molecule has 0 saturated heterocycles. The molecule has 0 radical (unpaired) electrons. The van der Waals surface area contributed by atoms with Crippen LogP contribution in [0.1, 0.15) is 29.4 Å². The van der Waals surface area contributed by atoms with E-state index in [2.05, 4.69) is 26.8 Å². The van der Waals surface area contributed by atoms with Crippen LogP contribution in [0.15, 0.2) is 85.1 Å². The Morgan fingerprint density at radius 2 is 1.76 bits per heavy atom. The molecule has 41 heavy (non-hydrogen) atoms. The molecule has 8 nitrogen and oxygen atoms in total. The number of hydrogen-bond acceptors (Lipinski definition) is 7. The Morgan fingerprint density at radius 3 is 2.54 bits per heavy atom. The van der Waals surface area contributed by atoms with Crippen LogP contribution in [0.4, 0.5) is 10.3 Å². The number of aromatic nitrogens is 4. The fraction of sp³-hybridized carbons (Fsp3) is 0.219. The van der Waals surface area contributed by atoms with E-state index < -0.39 is 0 Å². The van der Waals surface area contributed by atoms with Crippen LogP contribution >= 0.6 is 0 Å². The lowest BCUT2D eigenvalue weighted by Crippen LogP contribution is -2.26. The van der Waals surface area contributed by atoms with Gasteiger partial charge in [-0.3, -0.25) is 0 Å². The van der Waals surface area contributed by atoms with Crippen LogP contribution in [-0.2, 0) is 19.5 Å². The Kier molecular flexibility index (Phi) is 7.35. The van der Waals surface area contributed by atoms with Crippen molar-refractivity contribution in [1.82, 2.24) is 24.4 Å². The molecule has 3 heterocycles. The standard InChI is InChI=1S/C32H31FN6O2/c1-38(19-22-3-2-4-27(41)17-22)20-25-11-14-29-37-30(23-7-9-24(33)10-8-23)31(39(25)29)28-15-16-34-32(36-28)35-18-21-5-12-26(40)13-6-21/h2-10,12-13,15-17,25,40-41H,11,14,18-20H2,1H3,(H,34,35,36). The molecular weight excluding hydrogens is 519 g/mol. The third-order valence-corrected chi connectivity index (χ3v) is 7.34. The van der Waals surface area contributed by atoms with Crippen molar-refractivity contribution in [2.75, 3.05) is 18.9 Å². The van der Waals surface area contributed by atoms with Gasteiger partial charge in [-0.05, 0) is 79.2 Å². The fourth-order valence-electron chi connectivity index (χ4n) is 5.46. The van der Waals surface area contributed by atoms with Crippen LogP contribution in [0, 0.1) is 5.82 Å². The second-order valence-electron chi connectivity index (χ2n) is 10.4. The molecule has 1 unspecified atom stereocenters. The number of rotatable bonds is 9. The molecule has 208 valence electrons. The van der Waals surface area contributed by atoms with Crippen molar-refractivity contribution < 1.29 is 14.6 Å². The average Bonchev–Trinajstić information content (AvgIpc) is 3.53. The number of phenolic OH excluding ortho intramolecular Hbond substituents is 2. The number of phenols is 2. The Labute approximate surface area is 237 Å². The van der Waals surface area contributed by atoms with Crippen molar-refractivity contribution in [3.63, 3.8) is 0 Å². The van der Waals surface area contributed by atoms with Crippen LogP contribution in [0.2, 0.25) is 0 Å². The Bertz CT molecular complexity index is 1650. The zero-order valence-electron chi connectivity index (χ0n) is 22.7. The van der Waals surface area contributed by atoms with E-state index in [1.807, 2.05) is 30.3 Å². The highest BCUT2D eigenvalue weighted by Crippen LogP contribution is 2.39. The second kappa shape index (κ2) is 11.4. The zero-order valence-corrected chi connectivity index (χ0v) is 22.7. The Hall–Kier alpha value is -4.76. The first-order chi connectivity index (χ1) is 19.9. The molecule has 0 amide bonds. The molecule has 0 spiro atoms. The van der Waals surface area contributed by atoms with Gasteiger partial charge in [0, 0.05) is 43.9 Å². The highest BCUT2D eigenvalue weighted by atomic mass is 19.1. The number of fused-ring (bicyclic) bond motifs is 1. The molecule has 1 atom stereocenters. The SMILES string of the molecule is CN(Cc1cccc(O)c1)CC1CCc2nc(-c3ccc(F)cc3)c(-c3ccnc(NCc4ccc(O)cc4)n3)n21. The van der Waals surface area contributed by atoms with Crippen LogP contribution in [0.3, 0.4) is 0 Å². The Balaban J connectivity index is 1.32. The summed E-state index contributed by atoms with van der Waals surface area (Å²) < 4.78 is 16.1. The molecule has 5 aromatic rings. The topological polar surface area (TPSA) is 99.3 Å². The summed E-state index contributed by atoms with van der Waals surface area (Å²) in [5.74, 6) is 1.64. The van der Waals surface area contributed by atoms with Crippen molar-refractivity contribution in [3.8, 4) is 34.1 Å². The van der Waals surface area contributed by atoms with E-state index in [0.29, 0.717) is 19.0 Å². The molecular formula is C32H31FN6O2. The second-order valence-corrected chi connectivity index (χ2v) is 10.4. The maximum atomic E-state index is 13.8. The third-order valence-electron chi connectivity index (χ3n) is 7.34. The van der Waals surface area contributed by atoms with Crippen molar-refractivity contribution >= 4 is 5.95 Å². The molecule has 0 fully saturated rings. The lowest BCUT2D eigenvalue weighted by atomic mass is 10.1. The van der Waals surface area contributed by atoms with Crippen LogP contribution < -0.4 is 5.32 Å². The lowest BCUT2D eigenvalue weighted by Gasteiger charge is -2.24. The molecule has 3 aromatic carbocycles. The number of nitrogens with zero attached hydrogens (tertiary/aromatic N) is 5. The van der Waals surface area contributed by atoms with E-state index in [9.17, 15) is 14.6 Å². The predicted octanol–water partition coefficient (Wildman–Crippen LogP) is 5.79. The van der Waals surface area contributed by atoms with E-state index >= 15 is 0 Å². The normalized spacial score (nSPS) is 14.4. The Morgan fingerprint density at radius 1 is 0.951 bits per heavy atom. The minimum absolute atomic E-state index is 0.160. The highest BCUT2D eigenvalue weighted by molar-refractivity contribution is 5.78. The average molecular weight is 551 g/mol. The molecule has 0 aliphatic carbocycles. The van der Waals surface area contributed by atoms with E-state index in [0.717, 1.165) is 59.0 Å². The number of likely N-dealkylation sites (N-methyl/N-ethyl adjacent to an activating group) is 1. The van der Waals surface area contributed by atoms with Gasteiger partial charge in [0.1, 0.15) is 23.1 Å². The summed E-state index contributed by atoms with van der Waals surface area (Å²) in [5, 5.41) is 22.7. The predicted molar refractivity (Wildman–Crippen MR) is 156 cm³/mol. The first-order valence-corrected chi connectivity index (χ1v) is 13.6. The van der Waals surface area contributed by atoms with Crippen LogP contribution in [0.25, 0.3) is 22.6 Å². The van der Waals surface area contributed by atoms with Gasteiger partial charge in [-0.25, -0.2) is 19.3 Å². The first-order valence-electron chi connectivity index (χ1n) is 13.6. The molecule has 3 N–H and O–H groups in total. The third kappa shape index (κ3) is 5.90. The minimum Gasteiger partial charge on any atom is -0.508 e. The number of halogens is 1. The van der Waals surface area contributed by atoms with Gasteiger partial charge < -0.3 is 25.0 Å². The molecule has 6 rings (SSSR count). The van der Waals surface area contributed by atoms with Crippen molar-refractivity contribution in [1.29, 1.82) is 0 Å². The van der Waals surface area contributed by atoms with Crippen molar-refractivity contribution in [2.24, 2.45) is 0 Å². The number of hydrogen-bond donors (Lipinski definition) is 3. The number of anilines is 1. The van der Waals surface area contributed by atoms with E-state index in [4.69, 9.17) is 9.97 Å². The van der Waals surface area contributed by atoms with Gasteiger partial charge in [0.15, 0.2) is 0 Å². The number of aryl methyl sites for hydroxylation is 1. The van der Waals surface area contributed by atoms with Gasteiger partial charge in [0.25, 0.3) is 0 Å². The van der Waals surface area contributed by atoms with Gasteiger partial charge in [-0.1, -0.05) is 24.3 Å². The number of imidazole rings is 1. The van der Waals surface area contributed by atoms with Gasteiger partial charge in [-0.2, -0.15) is 0 Å². The number of benzene rings is 3. The molecule has 0 saturated carbocycles. The van der Waals surface area contributed by atoms with E-state index in [1.54, 1.807) is 42.6 Å². The summed E-state index contributed by atoms with van der Waals surface area (Å²) in [4.78, 5) is 16.6. The fourth-order valence-corrected chi connectivity index (χ4v) is 5.46. The summed E-state index contributed by atoms with van der Waals surface area (Å²) in [6.07, 6.45) is 3.50. The minimum atomic E-state index is -0.295. The number of nitrogens with one attached hydrogen (secondary N) is 1. The smallest absolute Gasteiger partial charge is 0.223 e. The van der Waals surface area contributed by atoms with Crippen LogP contribution in [-0.4, -0.2) is 48.2 Å². The van der Waals surface area contributed by atoms with Gasteiger partial charge in [-0.15, -0.1) is 0 Å². The quantitative estimate of drug-likeness (QED) is 0.214. The van der Waals surface area contributed by atoms with Gasteiger partial charge in [0.2, 0.25) is 5.95 Å². The molecule has 1 aliphatic rings. The zero-order chi connectivity index (χ0) is 28.3.